The number of rotatable bonds is 11. The van der Waals surface area contributed by atoms with Gasteiger partial charge in [0.15, 0.2) is 5.96 Å². The maximum Gasteiger partial charge on any atom is 0.195 e. The van der Waals surface area contributed by atoms with Crippen LogP contribution in [0, 0.1) is 0 Å². The van der Waals surface area contributed by atoms with Gasteiger partial charge in [0.05, 0.1) is 25.5 Å². The molecule has 8 heteroatoms. The lowest BCUT2D eigenvalue weighted by molar-refractivity contribution is 0.172. The lowest BCUT2D eigenvalue weighted by atomic mass is 10.2. The Morgan fingerprint density at radius 2 is 2.03 bits per heavy atom. The van der Waals surface area contributed by atoms with E-state index < -0.39 is 0 Å². The van der Waals surface area contributed by atoms with E-state index in [2.05, 4.69) is 15.5 Å². The van der Waals surface area contributed by atoms with Crippen molar-refractivity contribution >= 4 is 35.6 Å². The standard InChI is InChI=1S/C21H32N4O3.HI/c1-5-22-21(23-16-19(25(2)3)20-11-7-13-28-20)24-17-9-6-10-18(15-17)27-14-8-12-26-4;/h6-7,9-11,13,15,19H,5,8,12,14,16H2,1-4H3,(H2,22,23,24);1H. The average Bonchev–Trinajstić information content (AvgIpc) is 3.20. The summed E-state index contributed by atoms with van der Waals surface area (Å²) >= 11 is 0. The molecule has 1 atom stereocenters. The number of hydrogen-bond donors (Lipinski definition) is 2. The quantitative estimate of drug-likeness (QED) is 0.204. The van der Waals surface area contributed by atoms with Crippen molar-refractivity contribution in [1.82, 2.24) is 10.2 Å². The number of nitrogens with one attached hydrogen (secondary N) is 2. The van der Waals surface area contributed by atoms with Crippen LogP contribution in [0.4, 0.5) is 5.69 Å². The van der Waals surface area contributed by atoms with Crippen LogP contribution in [0.5, 0.6) is 5.75 Å². The second-order valence-electron chi connectivity index (χ2n) is 6.56. The van der Waals surface area contributed by atoms with Gasteiger partial charge >= 0.3 is 0 Å². The number of nitrogens with zero attached hydrogens (tertiary/aromatic N) is 2. The summed E-state index contributed by atoms with van der Waals surface area (Å²) in [5.74, 6) is 2.44. The summed E-state index contributed by atoms with van der Waals surface area (Å²) in [6.07, 6.45) is 2.55. The smallest absolute Gasteiger partial charge is 0.195 e. The molecule has 0 saturated carbocycles. The number of anilines is 1. The van der Waals surface area contributed by atoms with Crippen LogP contribution in [0.1, 0.15) is 25.1 Å². The van der Waals surface area contributed by atoms with Gasteiger partial charge in [0.25, 0.3) is 0 Å². The van der Waals surface area contributed by atoms with Crippen molar-refractivity contribution in [3.05, 3.63) is 48.4 Å². The van der Waals surface area contributed by atoms with Crippen LogP contribution in [0.3, 0.4) is 0 Å². The molecule has 0 bridgehead atoms. The van der Waals surface area contributed by atoms with E-state index in [4.69, 9.17) is 18.9 Å². The topological polar surface area (TPSA) is 71.3 Å². The molecule has 29 heavy (non-hydrogen) atoms. The van der Waals surface area contributed by atoms with E-state index in [-0.39, 0.29) is 30.0 Å². The van der Waals surface area contributed by atoms with Crippen LogP contribution in [0.25, 0.3) is 0 Å². The molecule has 0 aliphatic heterocycles. The largest absolute Gasteiger partial charge is 0.493 e. The SMILES string of the molecule is CCNC(=NCC(c1ccco1)N(C)C)Nc1cccc(OCCCOC)c1.I. The van der Waals surface area contributed by atoms with Gasteiger partial charge in [0.1, 0.15) is 11.5 Å². The molecule has 0 aliphatic rings. The van der Waals surface area contributed by atoms with E-state index in [1.807, 2.05) is 57.4 Å². The fourth-order valence-electron chi connectivity index (χ4n) is 2.67. The van der Waals surface area contributed by atoms with Crippen molar-refractivity contribution in [2.75, 3.05) is 52.8 Å². The summed E-state index contributed by atoms with van der Waals surface area (Å²) < 4.78 is 16.4. The Morgan fingerprint density at radius 3 is 2.69 bits per heavy atom. The molecule has 0 amide bonds. The zero-order valence-electron chi connectivity index (χ0n) is 17.7. The van der Waals surface area contributed by atoms with Crippen LogP contribution in [0.15, 0.2) is 52.1 Å². The molecule has 0 saturated heterocycles. The van der Waals surface area contributed by atoms with Gasteiger partial charge in [-0.05, 0) is 45.3 Å². The van der Waals surface area contributed by atoms with Crippen molar-refractivity contribution < 1.29 is 13.9 Å². The third-order valence-electron chi connectivity index (χ3n) is 4.12. The van der Waals surface area contributed by atoms with Gasteiger partial charge in [-0.3, -0.25) is 9.89 Å². The van der Waals surface area contributed by atoms with E-state index >= 15 is 0 Å². The summed E-state index contributed by atoms with van der Waals surface area (Å²) in [5, 5.41) is 6.63. The third kappa shape index (κ3) is 9.05. The maximum absolute atomic E-state index is 5.77. The Morgan fingerprint density at radius 1 is 1.21 bits per heavy atom. The van der Waals surface area contributed by atoms with Gasteiger partial charge in [0.2, 0.25) is 0 Å². The molecule has 1 aromatic carbocycles. The van der Waals surface area contributed by atoms with Crippen molar-refractivity contribution in [2.45, 2.75) is 19.4 Å². The maximum atomic E-state index is 5.77. The first-order chi connectivity index (χ1) is 13.6. The fraction of sp³-hybridized carbons (Fsp3) is 0.476. The van der Waals surface area contributed by atoms with Gasteiger partial charge in [-0.2, -0.15) is 0 Å². The number of hydrogen-bond acceptors (Lipinski definition) is 5. The number of likely N-dealkylation sites (N-methyl/N-ethyl adjacent to an activating group) is 1. The van der Waals surface area contributed by atoms with Crippen molar-refractivity contribution in [3.8, 4) is 5.75 Å². The molecule has 2 rings (SSSR count). The summed E-state index contributed by atoms with van der Waals surface area (Å²) in [7, 11) is 5.74. The highest BCUT2D eigenvalue weighted by Gasteiger charge is 2.16. The predicted molar refractivity (Wildman–Crippen MR) is 129 cm³/mol. The summed E-state index contributed by atoms with van der Waals surface area (Å²) in [4.78, 5) is 6.84. The average molecular weight is 516 g/mol. The Bertz CT molecular complexity index is 708. The molecule has 1 heterocycles. The van der Waals surface area contributed by atoms with Crippen LogP contribution >= 0.6 is 24.0 Å². The molecule has 0 aliphatic carbocycles. The second kappa shape index (κ2) is 14.2. The molecule has 7 nitrogen and oxygen atoms in total. The number of benzene rings is 1. The van der Waals surface area contributed by atoms with Crippen LogP contribution in [-0.4, -0.2) is 58.4 Å². The predicted octanol–water partition coefficient (Wildman–Crippen LogP) is 3.99. The fourth-order valence-corrected chi connectivity index (χ4v) is 2.67. The van der Waals surface area contributed by atoms with E-state index in [1.54, 1.807) is 13.4 Å². The number of ether oxygens (including phenoxy) is 2. The normalized spacial score (nSPS) is 12.4. The minimum absolute atomic E-state index is 0. The molecule has 2 aromatic rings. The number of methoxy groups -OCH3 is 1. The Labute approximate surface area is 190 Å². The monoisotopic (exact) mass is 516 g/mol. The minimum Gasteiger partial charge on any atom is -0.493 e. The number of aliphatic imine (C=N–C) groups is 1. The summed E-state index contributed by atoms with van der Waals surface area (Å²) in [6.45, 7) is 4.70. The molecular formula is C21H33IN4O3. The van der Waals surface area contributed by atoms with Crippen LogP contribution in [0.2, 0.25) is 0 Å². The van der Waals surface area contributed by atoms with E-state index in [1.165, 1.54) is 0 Å². The van der Waals surface area contributed by atoms with Gasteiger partial charge in [-0.15, -0.1) is 24.0 Å². The van der Waals surface area contributed by atoms with E-state index in [9.17, 15) is 0 Å². The molecular weight excluding hydrogens is 483 g/mol. The molecule has 1 aromatic heterocycles. The lowest BCUT2D eigenvalue weighted by Gasteiger charge is -2.21. The van der Waals surface area contributed by atoms with Gasteiger partial charge in [-0.1, -0.05) is 6.07 Å². The first-order valence-electron chi connectivity index (χ1n) is 9.61. The highest BCUT2D eigenvalue weighted by atomic mass is 127. The Hall–Kier alpha value is -1.78. The van der Waals surface area contributed by atoms with Crippen molar-refractivity contribution in [3.63, 3.8) is 0 Å². The van der Waals surface area contributed by atoms with Gasteiger partial charge < -0.3 is 24.5 Å². The molecule has 0 radical (unpaired) electrons. The lowest BCUT2D eigenvalue weighted by Crippen LogP contribution is -2.32. The summed E-state index contributed by atoms with van der Waals surface area (Å²) in [6, 6.07) is 11.8. The zero-order valence-corrected chi connectivity index (χ0v) is 20.0. The molecule has 1 unspecified atom stereocenters. The van der Waals surface area contributed by atoms with E-state index in [0.29, 0.717) is 19.8 Å². The zero-order chi connectivity index (χ0) is 20.2. The Balaban J connectivity index is 0.00000420. The highest BCUT2D eigenvalue weighted by molar-refractivity contribution is 14.0. The van der Waals surface area contributed by atoms with Crippen molar-refractivity contribution in [1.29, 1.82) is 0 Å². The molecule has 0 fully saturated rings. The number of furan rings is 1. The van der Waals surface area contributed by atoms with Gasteiger partial charge in [0, 0.05) is 38.4 Å². The van der Waals surface area contributed by atoms with Crippen LogP contribution < -0.4 is 15.4 Å². The number of halogens is 1. The first-order valence-corrected chi connectivity index (χ1v) is 9.61. The first kappa shape index (κ1) is 25.3. The van der Waals surface area contributed by atoms with Crippen LogP contribution in [-0.2, 0) is 4.74 Å². The van der Waals surface area contributed by atoms with E-state index in [0.717, 1.165) is 36.1 Å². The molecule has 162 valence electrons. The molecule has 2 N–H and O–H groups in total. The minimum atomic E-state index is 0. The second-order valence-corrected chi connectivity index (χ2v) is 6.56. The third-order valence-corrected chi connectivity index (χ3v) is 4.12. The Kier molecular flexibility index (Phi) is 12.4. The van der Waals surface area contributed by atoms with Gasteiger partial charge in [-0.25, -0.2) is 0 Å². The van der Waals surface area contributed by atoms with Crippen molar-refractivity contribution in [2.24, 2.45) is 4.99 Å². The summed E-state index contributed by atoms with van der Waals surface area (Å²) in [5.41, 5.74) is 0.920. The highest BCUT2D eigenvalue weighted by Crippen LogP contribution is 2.20. The number of guanidine groups is 1. The molecule has 0 spiro atoms.